The van der Waals surface area contributed by atoms with E-state index in [1.807, 2.05) is 66.7 Å². The predicted octanol–water partition coefficient (Wildman–Crippen LogP) is 16.4. The third-order valence-corrected chi connectivity index (χ3v) is 13.9. The van der Waals surface area contributed by atoms with Crippen LogP contribution in [0.5, 0.6) is 23.0 Å². The van der Waals surface area contributed by atoms with Crippen LogP contribution in [0.25, 0.3) is 89.5 Å². The highest BCUT2D eigenvalue weighted by Crippen LogP contribution is 2.62. The van der Waals surface area contributed by atoms with E-state index in [2.05, 4.69) is 170 Å². The van der Waals surface area contributed by atoms with Crippen LogP contribution in [-0.4, -0.2) is 15.0 Å². The molecule has 0 fully saturated rings. The maximum atomic E-state index is 6.99. The van der Waals surface area contributed by atoms with Crippen molar-refractivity contribution in [3.63, 3.8) is 0 Å². The van der Waals surface area contributed by atoms with E-state index >= 15 is 0 Å². The molecule has 0 saturated heterocycles. The minimum Gasteiger partial charge on any atom is -0.455 e. The fraction of sp³-hybridized carbons (Fsp3) is 0.0156. The van der Waals surface area contributed by atoms with Gasteiger partial charge in [-0.1, -0.05) is 212 Å². The first-order chi connectivity index (χ1) is 34.7. The van der Waals surface area contributed by atoms with Crippen LogP contribution in [0, 0.1) is 0 Å². The number of ether oxygens (including phenoxy) is 2. The van der Waals surface area contributed by atoms with Gasteiger partial charge in [0.15, 0.2) is 40.5 Å². The standard InChI is InChI=1S/C64H39N3O3/c1-4-17-41(18-5-1)61-65-62(42-33-31-40(32-34-42)47-27-16-28-49-48-24-13-15-30-54(48)69-59(47)49)67-63(66-61)50-25-11-10-23-46(50)43-35-37-55-57(39-43)68-56-38-36-53-58(60(56)70-55)51-26-12-14-29-52(51)64(53,44-19-6-2-7-20-44)45-21-8-3-9-22-45/h1-39H. The van der Waals surface area contributed by atoms with Crippen LogP contribution in [0.1, 0.15) is 22.3 Å². The molecular formula is C64H39N3O3. The summed E-state index contributed by atoms with van der Waals surface area (Å²) in [5.41, 5.74) is 14.7. The summed E-state index contributed by atoms with van der Waals surface area (Å²) in [4.78, 5) is 15.4. The number of aromatic nitrogens is 3. The van der Waals surface area contributed by atoms with Gasteiger partial charge in [-0.3, -0.25) is 0 Å². The monoisotopic (exact) mass is 897 g/mol. The van der Waals surface area contributed by atoms with E-state index in [4.69, 9.17) is 28.8 Å². The summed E-state index contributed by atoms with van der Waals surface area (Å²) in [5.74, 6) is 4.37. The van der Waals surface area contributed by atoms with Crippen molar-refractivity contribution in [1.82, 2.24) is 15.0 Å². The molecule has 328 valence electrons. The lowest BCUT2D eigenvalue weighted by Crippen LogP contribution is -2.28. The zero-order chi connectivity index (χ0) is 46.2. The lowest BCUT2D eigenvalue weighted by Gasteiger charge is -2.34. The van der Waals surface area contributed by atoms with Gasteiger partial charge in [-0.15, -0.1) is 0 Å². The number of nitrogens with zero attached hydrogens (tertiary/aromatic N) is 3. The third kappa shape index (κ3) is 6.17. The number of hydrogen-bond acceptors (Lipinski definition) is 6. The van der Waals surface area contributed by atoms with Crippen LogP contribution in [0.3, 0.4) is 0 Å². The number of rotatable bonds is 7. The zero-order valence-corrected chi connectivity index (χ0v) is 37.6. The van der Waals surface area contributed by atoms with Crippen molar-refractivity contribution in [1.29, 1.82) is 0 Å². The largest absolute Gasteiger partial charge is 0.455 e. The van der Waals surface area contributed by atoms with Gasteiger partial charge in [0.2, 0.25) is 0 Å². The summed E-state index contributed by atoms with van der Waals surface area (Å²) in [5, 5.41) is 2.20. The molecule has 10 aromatic carbocycles. The number of para-hydroxylation sites is 2. The van der Waals surface area contributed by atoms with Gasteiger partial charge >= 0.3 is 0 Å². The van der Waals surface area contributed by atoms with Gasteiger partial charge in [0, 0.05) is 38.6 Å². The molecule has 3 heterocycles. The van der Waals surface area contributed by atoms with Crippen LogP contribution in [0.2, 0.25) is 0 Å². The average Bonchev–Trinajstić information content (AvgIpc) is 3.98. The SMILES string of the molecule is c1ccc(-c2nc(-c3ccc(-c4cccc5c4oc4ccccc45)cc3)nc(-c3ccccc3-c3ccc4c(c3)Oc3ccc5c(c3O4)-c3ccccc3C5(c3ccccc3)c3ccccc3)n2)cc1. The zero-order valence-electron chi connectivity index (χ0n) is 37.6. The number of furan rings is 1. The molecule has 70 heavy (non-hydrogen) atoms. The van der Waals surface area contributed by atoms with Gasteiger partial charge in [0.05, 0.1) is 5.41 Å². The Morgan fingerprint density at radius 1 is 0.329 bits per heavy atom. The van der Waals surface area contributed by atoms with Crippen molar-refractivity contribution in [3.05, 3.63) is 259 Å². The molecule has 0 amide bonds. The second-order valence-corrected chi connectivity index (χ2v) is 17.8. The van der Waals surface area contributed by atoms with Crippen molar-refractivity contribution >= 4 is 21.9 Å². The second-order valence-electron chi connectivity index (χ2n) is 17.8. The fourth-order valence-electron chi connectivity index (χ4n) is 10.8. The van der Waals surface area contributed by atoms with Crippen LogP contribution in [0.15, 0.2) is 241 Å². The van der Waals surface area contributed by atoms with Gasteiger partial charge in [-0.25, -0.2) is 15.0 Å². The molecule has 0 bridgehead atoms. The summed E-state index contributed by atoms with van der Waals surface area (Å²) < 4.78 is 20.2. The molecular weight excluding hydrogens is 859 g/mol. The first-order valence-electron chi connectivity index (χ1n) is 23.5. The Hall–Kier alpha value is -9.39. The Morgan fingerprint density at radius 3 is 1.64 bits per heavy atom. The third-order valence-electron chi connectivity index (χ3n) is 13.9. The van der Waals surface area contributed by atoms with Crippen molar-refractivity contribution in [2.75, 3.05) is 0 Å². The highest BCUT2D eigenvalue weighted by molar-refractivity contribution is 6.09. The summed E-state index contributed by atoms with van der Waals surface area (Å²) >= 11 is 0. The average molecular weight is 898 g/mol. The van der Waals surface area contributed by atoms with E-state index in [-0.39, 0.29) is 0 Å². The normalized spacial score (nSPS) is 12.9. The number of hydrogen-bond donors (Lipinski definition) is 0. The van der Waals surface area contributed by atoms with Gasteiger partial charge in [0.1, 0.15) is 11.2 Å². The Labute approximate surface area is 403 Å². The molecule has 6 heteroatoms. The summed E-state index contributed by atoms with van der Waals surface area (Å²) in [6.45, 7) is 0. The number of benzene rings is 10. The van der Waals surface area contributed by atoms with Gasteiger partial charge in [-0.2, -0.15) is 0 Å². The van der Waals surface area contributed by atoms with E-state index in [9.17, 15) is 0 Å². The minimum atomic E-state index is -0.551. The molecule has 0 atom stereocenters. The molecule has 1 aliphatic carbocycles. The molecule has 0 unspecified atom stereocenters. The second kappa shape index (κ2) is 15.9. The van der Waals surface area contributed by atoms with Gasteiger partial charge in [0.25, 0.3) is 0 Å². The molecule has 0 N–H and O–H groups in total. The Morgan fingerprint density at radius 2 is 0.886 bits per heavy atom. The van der Waals surface area contributed by atoms with E-state index in [0.29, 0.717) is 40.5 Å². The highest BCUT2D eigenvalue weighted by atomic mass is 16.6. The number of fused-ring (bicyclic) bond motifs is 9. The van der Waals surface area contributed by atoms with Crippen molar-refractivity contribution in [2.24, 2.45) is 0 Å². The van der Waals surface area contributed by atoms with Crippen LogP contribution >= 0.6 is 0 Å². The van der Waals surface area contributed by atoms with E-state index < -0.39 is 5.41 Å². The maximum Gasteiger partial charge on any atom is 0.178 e. The Balaban J connectivity index is 0.843. The molecule has 6 nitrogen and oxygen atoms in total. The molecule has 2 aromatic heterocycles. The van der Waals surface area contributed by atoms with Crippen molar-refractivity contribution in [3.8, 4) is 90.5 Å². The Kier molecular flexibility index (Phi) is 9.01. The Bertz CT molecular complexity index is 3960. The van der Waals surface area contributed by atoms with Crippen LogP contribution in [-0.2, 0) is 5.41 Å². The molecule has 12 aromatic rings. The topological polar surface area (TPSA) is 70.3 Å². The molecule has 0 radical (unpaired) electrons. The first-order valence-corrected chi connectivity index (χ1v) is 23.5. The van der Waals surface area contributed by atoms with E-state index in [1.165, 1.54) is 16.7 Å². The lowest BCUT2D eigenvalue weighted by molar-refractivity contribution is 0.360. The van der Waals surface area contributed by atoms with Crippen LogP contribution in [0.4, 0.5) is 0 Å². The molecule has 2 aliphatic rings. The molecule has 0 spiro atoms. The molecule has 1 aliphatic heterocycles. The summed E-state index contributed by atoms with van der Waals surface area (Å²) in [6, 6.07) is 81.8. The predicted molar refractivity (Wildman–Crippen MR) is 278 cm³/mol. The van der Waals surface area contributed by atoms with Crippen molar-refractivity contribution in [2.45, 2.75) is 5.41 Å². The van der Waals surface area contributed by atoms with Gasteiger partial charge in [-0.05, 0) is 68.8 Å². The maximum absolute atomic E-state index is 6.99. The van der Waals surface area contributed by atoms with E-state index in [1.54, 1.807) is 0 Å². The van der Waals surface area contributed by atoms with Crippen molar-refractivity contribution < 1.29 is 13.9 Å². The minimum absolute atomic E-state index is 0.551. The summed E-state index contributed by atoms with van der Waals surface area (Å²) in [6.07, 6.45) is 0. The quantitative estimate of drug-likeness (QED) is 0.159. The summed E-state index contributed by atoms with van der Waals surface area (Å²) in [7, 11) is 0. The molecule has 14 rings (SSSR count). The molecule has 0 saturated carbocycles. The lowest BCUT2D eigenvalue weighted by atomic mass is 9.68. The van der Waals surface area contributed by atoms with Crippen LogP contribution < -0.4 is 9.47 Å². The van der Waals surface area contributed by atoms with E-state index in [0.717, 1.165) is 77.6 Å². The fourth-order valence-corrected chi connectivity index (χ4v) is 10.8. The van der Waals surface area contributed by atoms with Gasteiger partial charge < -0.3 is 13.9 Å². The first kappa shape index (κ1) is 39.7. The smallest absolute Gasteiger partial charge is 0.178 e. The highest BCUT2D eigenvalue weighted by Gasteiger charge is 2.48.